The molecule has 1 aromatic rings. The Morgan fingerprint density at radius 2 is 2.19 bits per heavy atom. The summed E-state index contributed by atoms with van der Waals surface area (Å²) in [7, 11) is 0. The zero-order chi connectivity index (χ0) is 15.2. The monoisotopic (exact) mass is 295 g/mol. The molecule has 0 saturated carbocycles. The summed E-state index contributed by atoms with van der Waals surface area (Å²) < 4.78 is 19.7. The topological polar surface area (TPSA) is 71.1 Å². The van der Waals surface area contributed by atoms with E-state index in [1.165, 1.54) is 6.07 Å². The summed E-state index contributed by atoms with van der Waals surface area (Å²) in [5.74, 6) is -0.413. The molecule has 6 heteroatoms. The van der Waals surface area contributed by atoms with Gasteiger partial charge in [0.15, 0.2) is 5.84 Å². The van der Waals surface area contributed by atoms with Crippen LogP contribution in [0.25, 0.3) is 0 Å². The number of rotatable bonds is 5. The number of nitrogens with zero attached hydrogens (tertiary/aromatic N) is 2. The molecule has 21 heavy (non-hydrogen) atoms. The van der Waals surface area contributed by atoms with Gasteiger partial charge in [-0.3, -0.25) is 4.90 Å². The molecule has 0 radical (unpaired) electrons. The van der Waals surface area contributed by atoms with Crippen molar-refractivity contribution in [2.24, 2.45) is 10.9 Å². The highest BCUT2D eigenvalue weighted by molar-refractivity contribution is 5.97. The van der Waals surface area contributed by atoms with E-state index in [2.05, 4.69) is 10.1 Å². The van der Waals surface area contributed by atoms with E-state index in [1.807, 2.05) is 6.92 Å². The van der Waals surface area contributed by atoms with Crippen LogP contribution in [-0.4, -0.2) is 41.7 Å². The van der Waals surface area contributed by atoms with Gasteiger partial charge in [0, 0.05) is 37.4 Å². The van der Waals surface area contributed by atoms with Crippen molar-refractivity contribution in [3.8, 4) is 0 Å². The van der Waals surface area contributed by atoms with Gasteiger partial charge in [-0.1, -0.05) is 17.3 Å². The van der Waals surface area contributed by atoms with Crippen molar-refractivity contribution < 1.29 is 14.3 Å². The van der Waals surface area contributed by atoms with Gasteiger partial charge in [0.25, 0.3) is 0 Å². The summed E-state index contributed by atoms with van der Waals surface area (Å²) in [6.07, 6.45) is 2.30. The van der Waals surface area contributed by atoms with Crippen LogP contribution in [-0.2, 0) is 11.3 Å². The van der Waals surface area contributed by atoms with Gasteiger partial charge >= 0.3 is 0 Å². The Hall–Kier alpha value is -1.66. The molecule has 1 aliphatic heterocycles. The molecule has 1 heterocycles. The summed E-state index contributed by atoms with van der Waals surface area (Å²) in [5.41, 5.74) is 6.46. The first kappa shape index (κ1) is 15.7. The molecule has 0 atom stereocenters. The third-order valence-corrected chi connectivity index (χ3v) is 3.79. The van der Waals surface area contributed by atoms with Crippen LogP contribution in [0.3, 0.4) is 0 Å². The molecule has 3 N–H and O–H groups in total. The quantitative estimate of drug-likeness (QED) is 0.377. The highest BCUT2D eigenvalue weighted by atomic mass is 19.1. The number of oxime groups is 1. The summed E-state index contributed by atoms with van der Waals surface area (Å²) >= 11 is 0. The van der Waals surface area contributed by atoms with Crippen molar-refractivity contribution in [2.75, 3.05) is 19.7 Å². The lowest BCUT2D eigenvalue weighted by Crippen LogP contribution is -2.36. The molecule has 0 bridgehead atoms. The lowest BCUT2D eigenvalue weighted by Gasteiger charge is -2.31. The fraction of sp³-hybridized carbons (Fsp3) is 0.533. The van der Waals surface area contributed by atoms with Crippen LogP contribution in [0.2, 0.25) is 0 Å². The number of piperidine rings is 1. The maximum Gasteiger partial charge on any atom is 0.170 e. The average molecular weight is 295 g/mol. The standard InChI is InChI=1S/C15H22FN3O2/c1-2-21-13-5-7-19(8-6-13)10-12-4-3-11(9-14(12)16)15(17)18-20/h3-4,9,13,20H,2,5-8,10H2,1H3,(H2,17,18). The predicted octanol–water partition coefficient (Wildman–Crippen LogP) is 1.92. The fourth-order valence-electron chi connectivity index (χ4n) is 2.60. The maximum absolute atomic E-state index is 14.1. The van der Waals surface area contributed by atoms with Crippen LogP contribution in [0.1, 0.15) is 30.9 Å². The minimum atomic E-state index is -0.328. The van der Waals surface area contributed by atoms with Crippen LogP contribution in [0, 0.1) is 5.82 Å². The highest BCUT2D eigenvalue weighted by Gasteiger charge is 2.20. The van der Waals surface area contributed by atoms with Crippen molar-refractivity contribution in [1.29, 1.82) is 0 Å². The molecule has 0 aromatic heterocycles. The van der Waals surface area contributed by atoms with Gasteiger partial charge < -0.3 is 15.7 Å². The molecule has 0 amide bonds. The summed E-state index contributed by atoms with van der Waals surface area (Å²) in [4.78, 5) is 2.22. The minimum Gasteiger partial charge on any atom is -0.409 e. The maximum atomic E-state index is 14.1. The van der Waals surface area contributed by atoms with E-state index in [9.17, 15) is 4.39 Å². The number of halogens is 1. The lowest BCUT2D eigenvalue weighted by molar-refractivity contribution is 0.0123. The van der Waals surface area contributed by atoms with Crippen LogP contribution >= 0.6 is 0 Å². The van der Waals surface area contributed by atoms with E-state index in [0.717, 1.165) is 32.5 Å². The highest BCUT2D eigenvalue weighted by Crippen LogP contribution is 2.18. The van der Waals surface area contributed by atoms with Crippen molar-refractivity contribution in [2.45, 2.75) is 32.4 Å². The van der Waals surface area contributed by atoms with E-state index in [-0.39, 0.29) is 11.7 Å². The molecule has 116 valence electrons. The number of nitrogens with two attached hydrogens (primary N) is 1. The summed E-state index contributed by atoms with van der Waals surface area (Å²) in [6, 6.07) is 4.66. The van der Waals surface area contributed by atoms with Crippen molar-refractivity contribution in [3.63, 3.8) is 0 Å². The van der Waals surface area contributed by atoms with E-state index in [0.29, 0.717) is 23.8 Å². The van der Waals surface area contributed by atoms with Gasteiger partial charge in [-0.15, -0.1) is 0 Å². The number of hydrogen-bond acceptors (Lipinski definition) is 4. The second-order valence-electron chi connectivity index (χ2n) is 5.22. The molecular formula is C15H22FN3O2. The first-order chi connectivity index (χ1) is 10.1. The Labute approximate surface area is 124 Å². The van der Waals surface area contributed by atoms with E-state index in [1.54, 1.807) is 12.1 Å². The van der Waals surface area contributed by atoms with Gasteiger partial charge in [-0.2, -0.15) is 0 Å². The van der Waals surface area contributed by atoms with Crippen molar-refractivity contribution >= 4 is 5.84 Å². The average Bonchev–Trinajstić information content (AvgIpc) is 2.50. The Bertz CT molecular complexity index is 500. The Balaban J connectivity index is 1.95. The molecule has 2 rings (SSSR count). The SMILES string of the molecule is CCOC1CCN(Cc2ccc(/C(N)=N/O)cc2F)CC1. The number of amidine groups is 1. The van der Waals surface area contributed by atoms with Gasteiger partial charge in [0.1, 0.15) is 5.82 Å². The zero-order valence-corrected chi connectivity index (χ0v) is 12.3. The molecule has 5 nitrogen and oxygen atoms in total. The molecule has 0 spiro atoms. The van der Waals surface area contributed by atoms with Crippen LogP contribution < -0.4 is 5.73 Å². The van der Waals surface area contributed by atoms with E-state index >= 15 is 0 Å². The van der Waals surface area contributed by atoms with Crippen LogP contribution in [0.5, 0.6) is 0 Å². The largest absolute Gasteiger partial charge is 0.409 e. The van der Waals surface area contributed by atoms with Gasteiger partial charge in [-0.25, -0.2) is 4.39 Å². The van der Waals surface area contributed by atoms with Crippen molar-refractivity contribution in [1.82, 2.24) is 4.90 Å². The Morgan fingerprint density at radius 3 is 2.76 bits per heavy atom. The number of hydrogen-bond donors (Lipinski definition) is 2. The first-order valence-electron chi connectivity index (χ1n) is 7.24. The Morgan fingerprint density at radius 1 is 1.48 bits per heavy atom. The second kappa shape index (κ2) is 7.38. The van der Waals surface area contributed by atoms with Crippen LogP contribution in [0.15, 0.2) is 23.4 Å². The molecular weight excluding hydrogens is 273 g/mol. The third-order valence-electron chi connectivity index (χ3n) is 3.79. The Kier molecular flexibility index (Phi) is 5.52. The van der Waals surface area contributed by atoms with Crippen molar-refractivity contribution in [3.05, 3.63) is 35.1 Å². The van der Waals surface area contributed by atoms with Crippen LogP contribution in [0.4, 0.5) is 4.39 Å². The zero-order valence-electron chi connectivity index (χ0n) is 12.3. The molecule has 1 aromatic carbocycles. The second-order valence-corrected chi connectivity index (χ2v) is 5.22. The first-order valence-corrected chi connectivity index (χ1v) is 7.24. The smallest absolute Gasteiger partial charge is 0.170 e. The summed E-state index contributed by atoms with van der Waals surface area (Å²) in [6.45, 7) is 5.14. The number of benzene rings is 1. The van der Waals surface area contributed by atoms with Gasteiger partial charge in [-0.05, 0) is 25.8 Å². The molecule has 1 fully saturated rings. The predicted molar refractivity (Wildman–Crippen MR) is 78.8 cm³/mol. The third kappa shape index (κ3) is 4.15. The fourth-order valence-corrected chi connectivity index (χ4v) is 2.60. The molecule has 1 aliphatic rings. The number of likely N-dealkylation sites (tertiary alicyclic amines) is 1. The normalized spacial score (nSPS) is 18.1. The summed E-state index contributed by atoms with van der Waals surface area (Å²) in [5, 5.41) is 11.5. The lowest BCUT2D eigenvalue weighted by atomic mass is 10.1. The van der Waals surface area contributed by atoms with Gasteiger partial charge in [0.05, 0.1) is 6.10 Å². The molecule has 1 saturated heterocycles. The molecule has 0 unspecified atom stereocenters. The van der Waals surface area contributed by atoms with Gasteiger partial charge in [0.2, 0.25) is 0 Å². The molecule has 0 aliphatic carbocycles. The van der Waals surface area contributed by atoms with E-state index in [4.69, 9.17) is 15.7 Å². The number of ether oxygens (including phenoxy) is 1. The van der Waals surface area contributed by atoms with E-state index < -0.39 is 0 Å². The minimum absolute atomic E-state index is 0.0852.